The summed E-state index contributed by atoms with van der Waals surface area (Å²) >= 11 is 0. The van der Waals surface area contributed by atoms with Crippen LogP contribution in [0.4, 0.5) is 11.5 Å². The normalized spacial score (nSPS) is 13.9. The maximum Gasteiger partial charge on any atom is 0.252 e. The van der Waals surface area contributed by atoms with Crippen molar-refractivity contribution in [3.8, 4) is 0 Å². The Kier molecular flexibility index (Phi) is 3.02. The van der Waals surface area contributed by atoms with Gasteiger partial charge in [0.05, 0.1) is 17.4 Å². The van der Waals surface area contributed by atoms with Gasteiger partial charge in [-0.15, -0.1) is 0 Å². The fourth-order valence-electron chi connectivity index (χ4n) is 2.58. The maximum atomic E-state index is 11.6. The van der Waals surface area contributed by atoms with Crippen molar-refractivity contribution in [3.63, 3.8) is 0 Å². The van der Waals surface area contributed by atoms with Crippen molar-refractivity contribution in [1.29, 1.82) is 0 Å². The Hall–Kier alpha value is -2.56. The molecule has 1 aliphatic heterocycles. The summed E-state index contributed by atoms with van der Waals surface area (Å²) < 4.78 is 0. The number of nitrogens with two attached hydrogens (primary N) is 2. The van der Waals surface area contributed by atoms with Crippen LogP contribution in [0.15, 0.2) is 36.5 Å². The summed E-state index contributed by atoms with van der Waals surface area (Å²) in [6, 6.07) is 9.89. The number of primary amides is 1. The molecule has 0 unspecified atom stereocenters. The van der Waals surface area contributed by atoms with E-state index >= 15 is 0 Å². The summed E-state index contributed by atoms with van der Waals surface area (Å²) in [6.45, 7) is 1.54. The Balaban J connectivity index is 1.97. The molecular formula is C15H16N4O. The lowest BCUT2D eigenvalue weighted by Crippen LogP contribution is -2.33. The van der Waals surface area contributed by atoms with Gasteiger partial charge in [-0.05, 0) is 23.6 Å². The predicted molar refractivity (Wildman–Crippen MR) is 78.4 cm³/mol. The molecule has 4 N–H and O–H groups in total. The molecular weight excluding hydrogens is 252 g/mol. The molecule has 0 atom stereocenters. The summed E-state index contributed by atoms with van der Waals surface area (Å²) in [5.41, 5.74) is 14.5. The highest BCUT2D eigenvalue weighted by Gasteiger charge is 2.21. The van der Waals surface area contributed by atoms with Gasteiger partial charge in [0.1, 0.15) is 5.82 Å². The second-order valence-corrected chi connectivity index (χ2v) is 4.94. The molecule has 102 valence electrons. The number of nitrogen functional groups attached to an aromatic ring is 1. The molecule has 5 nitrogen and oxygen atoms in total. The van der Waals surface area contributed by atoms with Crippen LogP contribution in [0.25, 0.3) is 0 Å². The first-order valence-corrected chi connectivity index (χ1v) is 6.52. The Labute approximate surface area is 117 Å². The number of benzene rings is 1. The number of aromatic nitrogens is 1. The molecule has 0 aliphatic carbocycles. The van der Waals surface area contributed by atoms with E-state index in [4.69, 9.17) is 11.5 Å². The highest BCUT2D eigenvalue weighted by atomic mass is 16.1. The lowest BCUT2D eigenvalue weighted by atomic mass is 9.99. The molecule has 5 heteroatoms. The van der Waals surface area contributed by atoms with Crippen molar-refractivity contribution in [2.75, 3.05) is 17.2 Å². The molecule has 1 amide bonds. The third kappa shape index (κ3) is 2.18. The smallest absolute Gasteiger partial charge is 0.252 e. The van der Waals surface area contributed by atoms with Crippen LogP contribution in [0, 0.1) is 0 Å². The molecule has 20 heavy (non-hydrogen) atoms. The van der Waals surface area contributed by atoms with Crippen molar-refractivity contribution >= 4 is 17.4 Å². The van der Waals surface area contributed by atoms with Gasteiger partial charge in [-0.2, -0.15) is 0 Å². The first-order valence-electron chi connectivity index (χ1n) is 6.52. The summed E-state index contributed by atoms with van der Waals surface area (Å²) in [4.78, 5) is 17.9. The monoisotopic (exact) mass is 268 g/mol. The summed E-state index contributed by atoms with van der Waals surface area (Å²) in [5.74, 6) is 0.111. The van der Waals surface area contributed by atoms with E-state index in [1.807, 2.05) is 12.1 Å². The van der Waals surface area contributed by atoms with E-state index < -0.39 is 5.91 Å². The molecule has 2 aromatic rings. The highest BCUT2D eigenvalue weighted by molar-refractivity contribution is 5.98. The minimum atomic E-state index is -0.501. The third-order valence-electron chi connectivity index (χ3n) is 3.58. The van der Waals surface area contributed by atoms with Gasteiger partial charge >= 0.3 is 0 Å². The number of nitrogens with zero attached hydrogens (tertiary/aromatic N) is 2. The Morgan fingerprint density at radius 3 is 2.75 bits per heavy atom. The zero-order chi connectivity index (χ0) is 14.1. The molecule has 0 spiro atoms. The molecule has 2 heterocycles. The average molecular weight is 268 g/mol. The number of carbonyl (C=O) groups is 1. The molecule has 3 rings (SSSR count). The zero-order valence-electron chi connectivity index (χ0n) is 11.0. The second kappa shape index (κ2) is 4.85. The number of fused-ring (bicyclic) bond motifs is 1. The average Bonchev–Trinajstić information content (AvgIpc) is 2.46. The molecule has 0 bridgehead atoms. The molecule has 0 saturated carbocycles. The summed E-state index contributed by atoms with van der Waals surface area (Å²) in [5, 5.41) is 0. The van der Waals surface area contributed by atoms with Crippen molar-refractivity contribution in [2.24, 2.45) is 5.73 Å². The van der Waals surface area contributed by atoms with Gasteiger partial charge in [-0.25, -0.2) is 4.98 Å². The van der Waals surface area contributed by atoms with Crippen molar-refractivity contribution in [2.45, 2.75) is 13.0 Å². The van der Waals surface area contributed by atoms with E-state index in [1.54, 1.807) is 12.3 Å². The largest absolute Gasteiger partial charge is 0.397 e. The number of carbonyl (C=O) groups excluding carboxylic acids is 1. The first kappa shape index (κ1) is 12.5. The van der Waals surface area contributed by atoms with Gasteiger partial charge in [-0.1, -0.05) is 24.3 Å². The van der Waals surface area contributed by atoms with E-state index in [-0.39, 0.29) is 0 Å². The number of anilines is 2. The van der Waals surface area contributed by atoms with Crippen LogP contribution in [0.1, 0.15) is 21.5 Å². The quantitative estimate of drug-likeness (QED) is 0.860. The highest BCUT2D eigenvalue weighted by Crippen LogP contribution is 2.26. The lowest BCUT2D eigenvalue weighted by molar-refractivity contribution is 0.100. The van der Waals surface area contributed by atoms with Crippen molar-refractivity contribution in [1.82, 2.24) is 4.98 Å². The summed E-state index contributed by atoms with van der Waals surface area (Å²) in [7, 11) is 0. The molecule has 1 aromatic carbocycles. The number of rotatable bonds is 2. The lowest BCUT2D eigenvalue weighted by Gasteiger charge is -2.30. The van der Waals surface area contributed by atoms with Gasteiger partial charge in [0.2, 0.25) is 0 Å². The maximum absolute atomic E-state index is 11.6. The van der Waals surface area contributed by atoms with Gasteiger partial charge in [0.25, 0.3) is 5.91 Å². The van der Waals surface area contributed by atoms with Crippen LogP contribution in [0.3, 0.4) is 0 Å². The molecule has 0 fully saturated rings. The number of pyridine rings is 1. The van der Waals surface area contributed by atoms with Crippen LogP contribution in [-0.2, 0) is 13.0 Å². The minimum Gasteiger partial charge on any atom is -0.397 e. The van der Waals surface area contributed by atoms with E-state index in [0.717, 1.165) is 19.5 Å². The van der Waals surface area contributed by atoms with Crippen LogP contribution in [0.5, 0.6) is 0 Å². The fourth-order valence-corrected chi connectivity index (χ4v) is 2.58. The minimum absolute atomic E-state index is 0.379. The van der Waals surface area contributed by atoms with Crippen molar-refractivity contribution < 1.29 is 4.79 Å². The van der Waals surface area contributed by atoms with Crippen LogP contribution < -0.4 is 16.4 Å². The predicted octanol–water partition coefficient (Wildman–Crippen LogP) is 1.33. The third-order valence-corrected chi connectivity index (χ3v) is 3.58. The molecule has 0 radical (unpaired) electrons. The van der Waals surface area contributed by atoms with Gasteiger partial charge in [0, 0.05) is 13.1 Å². The van der Waals surface area contributed by atoms with E-state index in [2.05, 4.69) is 22.0 Å². The number of amides is 1. The second-order valence-electron chi connectivity index (χ2n) is 4.94. The van der Waals surface area contributed by atoms with Crippen LogP contribution in [-0.4, -0.2) is 17.4 Å². The standard InChI is InChI=1S/C15H16N4O/c16-12-7-13(14(17)20)15(18-8-12)19-6-5-10-3-1-2-4-11(10)9-19/h1-4,7-8H,5-6,9,16H2,(H2,17,20). The Morgan fingerprint density at radius 1 is 1.25 bits per heavy atom. The van der Waals surface area contributed by atoms with Gasteiger partial charge in [-0.3, -0.25) is 4.79 Å². The number of hydrogen-bond donors (Lipinski definition) is 2. The van der Waals surface area contributed by atoms with E-state index in [9.17, 15) is 4.79 Å². The molecule has 1 aliphatic rings. The van der Waals surface area contributed by atoms with Crippen LogP contribution in [0.2, 0.25) is 0 Å². The Morgan fingerprint density at radius 2 is 2.00 bits per heavy atom. The van der Waals surface area contributed by atoms with Crippen LogP contribution >= 0.6 is 0 Å². The molecule has 0 saturated heterocycles. The molecule has 1 aromatic heterocycles. The van der Waals surface area contributed by atoms with Gasteiger partial charge < -0.3 is 16.4 Å². The number of hydrogen-bond acceptors (Lipinski definition) is 4. The van der Waals surface area contributed by atoms with E-state index in [0.29, 0.717) is 17.1 Å². The fraction of sp³-hybridized carbons (Fsp3) is 0.200. The van der Waals surface area contributed by atoms with Crippen molar-refractivity contribution in [3.05, 3.63) is 53.2 Å². The topological polar surface area (TPSA) is 85.2 Å². The first-order chi connectivity index (χ1) is 9.65. The van der Waals surface area contributed by atoms with E-state index in [1.165, 1.54) is 11.1 Å². The Bertz CT molecular complexity index is 669. The zero-order valence-corrected chi connectivity index (χ0v) is 11.0. The SMILES string of the molecule is NC(=O)c1cc(N)cnc1N1CCc2ccccc2C1. The van der Waals surface area contributed by atoms with Gasteiger partial charge in [0.15, 0.2) is 0 Å². The summed E-state index contributed by atoms with van der Waals surface area (Å²) in [6.07, 6.45) is 2.49.